The number of esters is 1. The van der Waals surface area contributed by atoms with Gasteiger partial charge in [-0.1, -0.05) is 17.8 Å². The molecule has 0 unspecified atom stereocenters. The number of thioether (sulfide) groups is 1. The summed E-state index contributed by atoms with van der Waals surface area (Å²) in [4.78, 5) is 47.2. The van der Waals surface area contributed by atoms with E-state index in [0.717, 1.165) is 23.1 Å². The number of aromatic nitrogens is 2. The topological polar surface area (TPSA) is 103 Å². The molecule has 0 spiro atoms. The lowest BCUT2D eigenvalue weighted by atomic mass is 10.1. The second-order valence-electron chi connectivity index (χ2n) is 7.49. The van der Waals surface area contributed by atoms with Crippen LogP contribution in [0.1, 0.15) is 23.3 Å². The van der Waals surface area contributed by atoms with Gasteiger partial charge in [0.05, 0.1) is 11.7 Å². The molecule has 0 aliphatic carbocycles. The van der Waals surface area contributed by atoms with Crippen LogP contribution in [0.5, 0.6) is 5.75 Å². The van der Waals surface area contributed by atoms with Gasteiger partial charge in [-0.3, -0.25) is 14.4 Å². The first-order chi connectivity index (χ1) is 15.4. The maximum absolute atomic E-state index is 12.6. The highest BCUT2D eigenvalue weighted by Gasteiger charge is 2.36. The van der Waals surface area contributed by atoms with Gasteiger partial charge >= 0.3 is 5.97 Å². The van der Waals surface area contributed by atoms with Crippen LogP contribution in [0.25, 0.3) is 0 Å². The third kappa shape index (κ3) is 4.88. The molecule has 1 aliphatic heterocycles. The quantitative estimate of drug-likeness (QED) is 0.320. The van der Waals surface area contributed by atoms with Crippen LogP contribution >= 0.6 is 11.8 Å². The van der Waals surface area contributed by atoms with Crippen molar-refractivity contribution >= 4 is 29.3 Å². The van der Waals surface area contributed by atoms with Crippen LogP contribution in [-0.2, 0) is 15.3 Å². The maximum Gasteiger partial charge on any atom is 0.316 e. The Bertz CT molecular complexity index is 1210. The fraction of sp³-hybridized carbons (Fsp3) is 0.261. The molecule has 4 rings (SSSR count). The molecule has 1 amide bonds. The van der Waals surface area contributed by atoms with E-state index in [1.54, 1.807) is 23.4 Å². The van der Waals surface area contributed by atoms with Crippen LogP contribution in [0.2, 0.25) is 0 Å². The highest BCUT2D eigenvalue weighted by Crippen LogP contribution is 2.28. The van der Waals surface area contributed by atoms with Gasteiger partial charge in [0.1, 0.15) is 12.0 Å². The summed E-state index contributed by atoms with van der Waals surface area (Å²) in [5.41, 5.74) is 2.47. The molecule has 1 aromatic carbocycles. The van der Waals surface area contributed by atoms with Crippen molar-refractivity contribution in [1.29, 1.82) is 0 Å². The van der Waals surface area contributed by atoms with Crippen LogP contribution < -0.4 is 15.1 Å². The minimum absolute atomic E-state index is 0.0306. The first-order valence-electron chi connectivity index (χ1n) is 10.0. The molecule has 3 aromatic rings. The molecule has 1 fully saturated rings. The average Bonchev–Trinajstić information content (AvgIpc) is 3.18. The van der Waals surface area contributed by atoms with Crippen molar-refractivity contribution in [3.8, 4) is 5.75 Å². The number of amides is 1. The second kappa shape index (κ2) is 9.35. The van der Waals surface area contributed by atoms with E-state index < -0.39 is 17.3 Å². The van der Waals surface area contributed by atoms with Crippen molar-refractivity contribution in [2.24, 2.45) is 5.92 Å². The largest absolute Gasteiger partial charge is 0.464 e. The zero-order chi connectivity index (χ0) is 22.7. The molecule has 164 valence electrons. The van der Waals surface area contributed by atoms with Gasteiger partial charge < -0.3 is 14.1 Å². The van der Waals surface area contributed by atoms with Gasteiger partial charge in [-0.15, -0.1) is 0 Å². The molecule has 1 saturated heterocycles. The Balaban J connectivity index is 1.38. The Morgan fingerprint density at radius 3 is 2.69 bits per heavy atom. The fourth-order valence-electron chi connectivity index (χ4n) is 3.28. The molecule has 8 nitrogen and oxygen atoms in total. The lowest BCUT2D eigenvalue weighted by Crippen LogP contribution is -2.28. The van der Waals surface area contributed by atoms with Crippen molar-refractivity contribution in [1.82, 2.24) is 9.97 Å². The van der Waals surface area contributed by atoms with Gasteiger partial charge in [0.2, 0.25) is 17.1 Å². The number of anilines is 1. The number of hydrogen-bond donors (Lipinski definition) is 0. The molecular weight excluding hydrogens is 430 g/mol. The van der Waals surface area contributed by atoms with Crippen LogP contribution in [0.4, 0.5) is 5.69 Å². The zero-order valence-corrected chi connectivity index (χ0v) is 18.4. The van der Waals surface area contributed by atoms with Crippen LogP contribution in [0, 0.1) is 19.8 Å². The molecule has 1 aliphatic rings. The molecule has 0 saturated carbocycles. The zero-order valence-electron chi connectivity index (χ0n) is 17.6. The van der Waals surface area contributed by atoms with E-state index in [4.69, 9.17) is 9.15 Å². The highest BCUT2D eigenvalue weighted by atomic mass is 32.2. The highest BCUT2D eigenvalue weighted by molar-refractivity contribution is 7.98. The van der Waals surface area contributed by atoms with Gasteiger partial charge in [0.25, 0.3) is 0 Å². The van der Waals surface area contributed by atoms with Crippen LogP contribution in [0.3, 0.4) is 0 Å². The summed E-state index contributed by atoms with van der Waals surface area (Å²) in [6.07, 6.45) is 4.41. The summed E-state index contributed by atoms with van der Waals surface area (Å²) in [7, 11) is 0. The van der Waals surface area contributed by atoms with E-state index >= 15 is 0 Å². The molecule has 2 aromatic heterocycles. The Morgan fingerprint density at radius 1 is 1.19 bits per heavy atom. The number of aryl methyl sites for hydroxylation is 2. The second-order valence-corrected chi connectivity index (χ2v) is 8.43. The third-order valence-corrected chi connectivity index (χ3v) is 6.11. The van der Waals surface area contributed by atoms with Crippen molar-refractivity contribution in [2.45, 2.75) is 31.2 Å². The van der Waals surface area contributed by atoms with E-state index in [-0.39, 0.29) is 24.6 Å². The van der Waals surface area contributed by atoms with Crippen molar-refractivity contribution < 1.29 is 18.7 Å². The fourth-order valence-corrected chi connectivity index (χ4v) is 3.98. The van der Waals surface area contributed by atoms with E-state index in [2.05, 4.69) is 9.97 Å². The lowest BCUT2D eigenvalue weighted by molar-refractivity contribution is -0.139. The first kappa shape index (κ1) is 21.8. The number of rotatable bonds is 6. The number of benzene rings is 1. The Kier molecular flexibility index (Phi) is 6.36. The molecule has 32 heavy (non-hydrogen) atoms. The first-order valence-corrected chi connectivity index (χ1v) is 11.0. The number of ether oxygens (including phenoxy) is 1. The predicted molar refractivity (Wildman–Crippen MR) is 119 cm³/mol. The van der Waals surface area contributed by atoms with E-state index in [0.29, 0.717) is 16.7 Å². The molecule has 1 atom stereocenters. The molecule has 9 heteroatoms. The van der Waals surface area contributed by atoms with Crippen molar-refractivity contribution in [2.75, 3.05) is 11.4 Å². The average molecular weight is 452 g/mol. The summed E-state index contributed by atoms with van der Waals surface area (Å²) < 4.78 is 10.7. The Labute approximate surface area is 188 Å². The van der Waals surface area contributed by atoms with Gasteiger partial charge in [-0.05, 0) is 43.2 Å². The normalized spacial score (nSPS) is 15.8. The van der Waals surface area contributed by atoms with Crippen LogP contribution in [-0.4, -0.2) is 28.4 Å². The third-order valence-electron chi connectivity index (χ3n) is 5.21. The van der Waals surface area contributed by atoms with Gasteiger partial charge in [-0.2, -0.15) is 0 Å². The van der Waals surface area contributed by atoms with Gasteiger partial charge in [0.15, 0.2) is 5.16 Å². The molecular formula is C23H21N3O5S. The van der Waals surface area contributed by atoms with E-state index in [1.807, 2.05) is 32.0 Å². The molecule has 0 N–H and O–H groups in total. The minimum atomic E-state index is -0.658. The summed E-state index contributed by atoms with van der Waals surface area (Å²) >= 11 is 1.32. The number of hydrogen-bond acceptors (Lipinski definition) is 8. The standard InChI is InChI=1S/C23H21N3O5S/c1-14-4-5-17(8-15(14)2)26-11-16(9-21(26)28)22(29)31-20-12-30-18(10-19(20)27)13-32-23-24-6-3-7-25-23/h3-8,10,12,16H,9,11,13H2,1-2H3/t16-/m0/s1. The molecule has 0 radical (unpaired) electrons. The maximum atomic E-state index is 12.6. The summed E-state index contributed by atoms with van der Waals surface area (Å²) in [5, 5.41) is 0.560. The summed E-state index contributed by atoms with van der Waals surface area (Å²) in [6, 6.07) is 8.72. The molecule has 3 heterocycles. The lowest BCUT2D eigenvalue weighted by Gasteiger charge is -2.17. The Hall–Kier alpha value is -3.46. The number of nitrogens with zero attached hydrogens (tertiary/aromatic N) is 3. The van der Waals surface area contributed by atoms with Gasteiger partial charge in [-0.25, -0.2) is 9.97 Å². The van der Waals surface area contributed by atoms with Gasteiger partial charge in [0, 0.05) is 37.1 Å². The minimum Gasteiger partial charge on any atom is -0.464 e. The number of carbonyl (C=O) groups is 2. The van der Waals surface area contributed by atoms with E-state index in [1.165, 1.54) is 17.8 Å². The van der Waals surface area contributed by atoms with Crippen LogP contribution in [0.15, 0.2) is 63.4 Å². The Morgan fingerprint density at radius 2 is 1.97 bits per heavy atom. The van der Waals surface area contributed by atoms with Crippen molar-refractivity contribution in [3.05, 3.63) is 76.1 Å². The SMILES string of the molecule is Cc1ccc(N2C[C@@H](C(=O)Oc3coc(CSc4ncccn4)cc3=O)CC2=O)cc1C. The summed E-state index contributed by atoms with van der Waals surface area (Å²) in [5.74, 6) is -0.875. The smallest absolute Gasteiger partial charge is 0.316 e. The monoisotopic (exact) mass is 451 g/mol. The summed E-state index contributed by atoms with van der Waals surface area (Å²) in [6.45, 7) is 4.17. The van der Waals surface area contributed by atoms with Crippen molar-refractivity contribution in [3.63, 3.8) is 0 Å². The predicted octanol–water partition coefficient (Wildman–Crippen LogP) is 3.30. The molecule has 0 bridgehead atoms. The number of carbonyl (C=O) groups excluding carboxylic acids is 2. The van der Waals surface area contributed by atoms with E-state index in [9.17, 15) is 14.4 Å².